The second-order valence-electron chi connectivity index (χ2n) is 4.10. The molecule has 0 aliphatic carbocycles. The maximum Gasteiger partial charge on any atom is 0.245 e. The number of benzene rings is 1. The highest BCUT2D eigenvalue weighted by atomic mass is 32.2. The molecule has 0 heterocycles. The first-order chi connectivity index (χ1) is 8.57. The van der Waals surface area contributed by atoms with Crippen LogP contribution in [0.4, 0.5) is 5.69 Å². The molecule has 1 N–H and O–H groups in total. The van der Waals surface area contributed by atoms with E-state index in [1.165, 1.54) is 4.31 Å². The van der Waals surface area contributed by atoms with Gasteiger partial charge in [-0.25, -0.2) is 8.42 Å². The molecule has 18 heavy (non-hydrogen) atoms. The highest BCUT2D eigenvalue weighted by molar-refractivity contribution is 7.89. The molecule has 0 bridgehead atoms. The first-order valence-electron chi connectivity index (χ1n) is 6.34. The number of anilines is 1. The number of unbranched alkanes of at least 4 members (excludes halogenated alkanes) is 1. The van der Waals surface area contributed by atoms with E-state index >= 15 is 0 Å². The van der Waals surface area contributed by atoms with E-state index in [4.69, 9.17) is 0 Å². The minimum absolute atomic E-state index is 0.352. The van der Waals surface area contributed by atoms with Crippen LogP contribution in [-0.4, -0.2) is 32.9 Å². The minimum atomic E-state index is -3.40. The molecule has 102 valence electrons. The molecule has 0 aliphatic heterocycles. The Balaban J connectivity index is 3.10. The van der Waals surface area contributed by atoms with E-state index in [-0.39, 0.29) is 0 Å². The van der Waals surface area contributed by atoms with E-state index in [0.717, 1.165) is 12.8 Å². The van der Waals surface area contributed by atoms with Crippen LogP contribution in [0, 0.1) is 0 Å². The zero-order valence-corrected chi connectivity index (χ0v) is 12.1. The zero-order valence-electron chi connectivity index (χ0n) is 11.3. The molecule has 0 radical (unpaired) electrons. The molecular weight excluding hydrogens is 248 g/mol. The Kier molecular flexibility index (Phi) is 5.62. The van der Waals surface area contributed by atoms with Crippen molar-refractivity contribution < 1.29 is 8.42 Å². The molecule has 0 saturated carbocycles. The molecule has 4 nitrogen and oxygen atoms in total. The van der Waals surface area contributed by atoms with Crippen LogP contribution in [0.5, 0.6) is 0 Å². The highest BCUT2D eigenvalue weighted by Crippen LogP contribution is 2.24. The van der Waals surface area contributed by atoms with E-state index in [2.05, 4.69) is 12.2 Å². The topological polar surface area (TPSA) is 49.4 Å². The van der Waals surface area contributed by atoms with Crippen molar-refractivity contribution in [2.75, 3.05) is 25.5 Å². The average Bonchev–Trinajstić information content (AvgIpc) is 2.39. The van der Waals surface area contributed by atoms with Gasteiger partial charge in [0.25, 0.3) is 0 Å². The van der Waals surface area contributed by atoms with Gasteiger partial charge in [-0.3, -0.25) is 0 Å². The Bertz CT molecular complexity index is 472. The molecule has 0 saturated heterocycles. The molecule has 1 rings (SSSR count). The third kappa shape index (κ3) is 3.23. The second kappa shape index (κ2) is 6.75. The van der Waals surface area contributed by atoms with Gasteiger partial charge in [-0.1, -0.05) is 32.4 Å². The predicted molar refractivity (Wildman–Crippen MR) is 75.3 cm³/mol. The molecule has 0 aromatic heterocycles. The summed E-state index contributed by atoms with van der Waals surface area (Å²) >= 11 is 0. The highest BCUT2D eigenvalue weighted by Gasteiger charge is 2.24. The van der Waals surface area contributed by atoms with Crippen LogP contribution in [-0.2, 0) is 10.0 Å². The summed E-state index contributed by atoms with van der Waals surface area (Å²) in [7, 11) is -1.66. The van der Waals surface area contributed by atoms with Crippen molar-refractivity contribution in [3.63, 3.8) is 0 Å². The number of hydrogen-bond acceptors (Lipinski definition) is 3. The van der Waals surface area contributed by atoms with E-state index < -0.39 is 10.0 Å². The maximum atomic E-state index is 12.5. The van der Waals surface area contributed by atoms with Crippen molar-refractivity contribution in [2.24, 2.45) is 0 Å². The standard InChI is InChI=1S/C13H22N2O2S/c1-4-6-11-15(5-2)18(16,17)13-10-8-7-9-12(13)14-3/h7-10,14H,4-6,11H2,1-3H3. The van der Waals surface area contributed by atoms with E-state index in [0.29, 0.717) is 23.7 Å². The van der Waals surface area contributed by atoms with Crippen molar-refractivity contribution in [1.82, 2.24) is 4.31 Å². The Morgan fingerprint density at radius 3 is 2.44 bits per heavy atom. The maximum absolute atomic E-state index is 12.5. The zero-order chi connectivity index (χ0) is 13.6. The monoisotopic (exact) mass is 270 g/mol. The fourth-order valence-electron chi connectivity index (χ4n) is 1.82. The third-order valence-electron chi connectivity index (χ3n) is 2.89. The van der Waals surface area contributed by atoms with Gasteiger partial charge in [0.15, 0.2) is 0 Å². The Hall–Kier alpha value is -1.07. The fraction of sp³-hybridized carbons (Fsp3) is 0.538. The normalized spacial score (nSPS) is 11.8. The van der Waals surface area contributed by atoms with Crippen LogP contribution in [0.1, 0.15) is 26.7 Å². The van der Waals surface area contributed by atoms with Gasteiger partial charge in [-0.05, 0) is 18.6 Å². The molecule has 0 unspecified atom stereocenters. The van der Waals surface area contributed by atoms with Crippen molar-refractivity contribution >= 4 is 15.7 Å². The number of rotatable bonds is 7. The number of nitrogens with zero attached hydrogens (tertiary/aromatic N) is 1. The first-order valence-corrected chi connectivity index (χ1v) is 7.78. The number of nitrogens with one attached hydrogen (secondary N) is 1. The average molecular weight is 270 g/mol. The summed E-state index contributed by atoms with van der Waals surface area (Å²) in [5.41, 5.74) is 0.646. The van der Waals surface area contributed by atoms with Crippen LogP contribution in [0.3, 0.4) is 0 Å². The van der Waals surface area contributed by atoms with Gasteiger partial charge >= 0.3 is 0 Å². The van der Waals surface area contributed by atoms with Crippen LogP contribution < -0.4 is 5.32 Å². The lowest BCUT2D eigenvalue weighted by atomic mass is 10.3. The van der Waals surface area contributed by atoms with E-state index in [1.54, 1.807) is 25.2 Å². The molecule has 0 spiro atoms. The third-order valence-corrected chi connectivity index (χ3v) is 4.92. The van der Waals surface area contributed by atoms with Crippen molar-refractivity contribution in [3.8, 4) is 0 Å². The lowest BCUT2D eigenvalue weighted by Gasteiger charge is -2.21. The fourth-order valence-corrected chi connectivity index (χ4v) is 3.51. The molecule has 0 aliphatic rings. The van der Waals surface area contributed by atoms with Gasteiger partial charge in [0, 0.05) is 20.1 Å². The SMILES string of the molecule is CCCCN(CC)S(=O)(=O)c1ccccc1NC. The van der Waals surface area contributed by atoms with Gasteiger partial charge in [0.05, 0.1) is 5.69 Å². The van der Waals surface area contributed by atoms with Crippen LogP contribution in [0.15, 0.2) is 29.2 Å². The molecule has 5 heteroatoms. The lowest BCUT2D eigenvalue weighted by Crippen LogP contribution is -2.32. The summed E-state index contributed by atoms with van der Waals surface area (Å²) < 4.78 is 26.6. The first kappa shape index (κ1) is 15.0. The summed E-state index contributed by atoms with van der Waals surface area (Å²) in [5, 5.41) is 2.93. The van der Waals surface area contributed by atoms with E-state index in [9.17, 15) is 8.42 Å². The van der Waals surface area contributed by atoms with Crippen molar-refractivity contribution in [2.45, 2.75) is 31.6 Å². The summed E-state index contributed by atoms with van der Waals surface area (Å²) in [5.74, 6) is 0. The summed E-state index contributed by atoms with van der Waals surface area (Å²) in [6.07, 6.45) is 1.87. The quantitative estimate of drug-likeness (QED) is 0.828. The molecule has 0 fully saturated rings. The van der Waals surface area contributed by atoms with Crippen molar-refractivity contribution in [1.29, 1.82) is 0 Å². The number of sulfonamides is 1. The van der Waals surface area contributed by atoms with E-state index in [1.807, 2.05) is 13.0 Å². The smallest absolute Gasteiger partial charge is 0.245 e. The Labute approximate surface area is 110 Å². The largest absolute Gasteiger partial charge is 0.387 e. The van der Waals surface area contributed by atoms with Gasteiger partial charge in [-0.2, -0.15) is 4.31 Å². The summed E-state index contributed by atoms with van der Waals surface area (Å²) in [6.45, 7) is 5.00. The van der Waals surface area contributed by atoms with Gasteiger partial charge in [0.1, 0.15) is 4.90 Å². The Morgan fingerprint density at radius 2 is 1.89 bits per heavy atom. The van der Waals surface area contributed by atoms with Crippen LogP contribution >= 0.6 is 0 Å². The van der Waals surface area contributed by atoms with Gasteiger partial charge in [-0.15, -0.1) is 0 Å². The van der Waals surface area contributed by atoms with Crippen LogP contribution in [0.2, 0.25) is 0 Å². The molecular formula is C13H22N2O2S. The number of hydrogen-bond donors (Lipinski definition) is 1. The Morgan fingerprint density at radius 1 is 1.22 bits per heavy atom. The lowest BCUT2D eigenvalue weighted by molar-refractivity contribution is 0.419. The van der Waals surface area contributed by atoms with Gasteiger partial charge in [0.2, 0.25) is 10.0 Å². The molecule has 0 atom stereocenters. The molecule has 1 aromatic rings. The second-order valence-corrected chi connectivity index (χ2v) is 6.00. The van der Waals surface area contributed by atoms with Gasteiger partial charge < -0.3 is 5.32 Å². The van der Waals surface area contributed by atoms with Crippen molar-refractivity contribution in [3.05, 3.63) is 24.3 Å². The predicted octanol–water partition coefficient (Wildman–Crippen LogP) is 2.54. The molecule has 1 aromatic carbocycles. The molecule has 0 amide bonds. The number of para-hydroxylation sites is 1. The summed E-state index contributed by atoms with van der Waals surface area (Å²) in [4.78, 5) is 0.352. The minimum Gasteiger partial charge on any atom is -0.387 e. The van der Waals surface area contributed by atoms with Crippen LogP contribution in [0.25, 0.3) is 0 Å². The summed E-state index contributed by atoms with van der Waals surface area (Å²) in [6, 6.07) is 7.00.